The van der Waals surface area contributed by atoms with E-state index in [1.807, 2.05) is 68.4 Å². The first-order valence-electron chi connectivity index (χ1n) is 10.3. The van der Waals surface area contributed by atoms with Crippen molar-refractivity contribution in [3.63, 3.8) is 0 Å². The summed E-state index contributed by atoms with van der Waals surface area (Å²) in [6, 6.07) is 23.0. The summed E-state index contributed by atoms with van der Waals surface area (Å²) in [5.41, 5.74) is 2.67. The SMILES string of the molecule is COc1ccc([C@@H](C)NC(=O)CN(Cc2ccccc2)S(=O)(=O)c2ccc(C)cc2)cc1. The van der Waals surface area contributed by atoms with Gasteiger partial charge in [0.25, 0.3) is 0 Å². The zero-order chi connectivity index (χ0) is 23.1. The van der Waals surface area contributed by atoms with Crippen molar-refractivity contribution in [2.45, 2.75) is 31.3 Å². The van der Waals surface area contributed by atoms with Gasteiger partial charge < -0.3 is 10.1 Å². The van der Waals surface area contributed by atoms with E-state index in [-0.39, 0.29) is 29.9 Å². The first kappa shape index (κ1) is 23.5. The number of aryl methyl sites for hydroxylation is 1. The Morgan fingerprint density at radius 3 is 2.19 bits per heavy atom. The first-order valence-corrected chi connectivity index (χ1v) is 11.8. The molecule has 0 unspecified atom stereocenters. The Bertz CT molecular complexity index is 1130. The molecule has 0 spiro atoms. The second-order valence-electron chi connectivity index (χ2n) is 7.63. The van der Waals surface area contributed by atoms with E-state index in [4.69, 9.17) is 4.74 Å². The highest BCUT2D eigenvalue weighted by Gasteiger charge is 2.27. The molecule has 1 amide bonds. The molecular weight excluding hydrogens is 424 g/mol. The Kier molecular flexibility index (Phi) is 7.66. The van der Waals surface area contributed by atoms with E-state index in [1.54, 1.807) is 31.4 Å². The molecule has 0 saturated carbocycles. The summed E-state index contributed by atoms with van der Waals surface area (Å²) in [4.78, 5) is 13.0. The minimum absolute atomic E-state index is 0.0986. The molecule has 0 heterocycles. The van der Waals surface area contributed by atoms with Crippen LogP contribution in [0.3, 0.4) is 0 Å². The summed E-state index contributed by atoms with van der Waals surface area (Å²) in [6.45, 7) is 3.56. The van der Waals surface area contributed by atoms with Gasteiger partial charge in [-0.15, -0.1) is 0 Å². The standard InChI is InChI=1S/C25H28N2O4S/c1-19-9-15-24(16-10-19)32(29,30)27(17-21-7-5-4-6-8-21)18-25(28)26-20(2)22-11-13-23(31-3)14-12-22/h4-16,20H,17-18H2,1-3H3,(H,26,28)/t20-/m1/s1. The second-order valence-corrected chi connectivity index (χ2v) is 9.57. The Labute approximate surface area is 189 Å². The van der Waals surface area contributed by atoms with Crippen molar-refractivity contribution >= 4 is 15.9 Å². The fourth-order valence-electron chi connectivity index (χ4n) is 3.30. The molecule has 3 aromatic carbocycles. The van der Waals surface area contributed by atoms with Gasteiger partial charge in [0, 0.05) is 6.54 Å². The third-order valence-corrected chi connectivity index (χ3v) is 6.98. The molecule has 1 N–H and O–H groups in total. The van der Waals surface area contributed by atoms with E-state index in [9.17, 15) is 13.2 Å². The predicted molar refractivity (Wildman–Crippen MR) is 125 cm³/mol. The number of benzene rings is 3. The molecule has 168 valence electrons. The molecule has 3 rings (SSSR count). The third kappa shape index (κ3) is 5.96. The van der Waals surface area contributed by atoms with Gasteiger partial charge in [0.15, 0.2) is 0 Å². The third-order valence-electron chi connectivity index (χ3n) is 5.17. The fourth-order valence-corrected chi connectivity index (χ4v) is 4.68. The zero-order valence-corrected chi connectivity index (χ0v) is 19.3. The molecule has 3 aromatic rings. The average Bonchev–Trinajstić information content (AvgIpc) is 2.79. The van der Waals surface area contributed by atoms with Crippen LogP contribution < -0.4 is 10.1 Å². The monoisotopic (exact) mass is 452 g/mol. The van der Waals surface area contributed by atoms with Crippen LogP contribution in [0.25, 0.3) is 0 Å². The van der Waals surface area contributed by atoms with Crippen LogP contribution in [0, 0.1) is 6.92 Å². The Hall–Kier alpha value is -3.16. The largest absolute Gasteiger partial charge is 0.497 e. The van der Waals surface area contributed by atoms with E-state index >= 15 is 0 Å². The number of rotatable bonds is 9. The van der Waals surface area contributed by atoms with Crippen molar-refractivity contribution < 1.29 is 17.9 Å². The molecule has 0 aromatic heterocycles. The maximum absolute atomic E-state index is 13.3. The Morgan fingerprint density at radius 1 is 0.969 bits per heavy atom. The van der Waals surface area contributed by atoms with Crippen LogP contribution in [0.1, 0.15) is 29.7 Å². The number of sulfonamides is 1. The molecule has 0 radical (unpaired) electrons. The minimum atomic E-state index is -3.86. The van der Waals surface area contributed by atoms with Gasteiger partial charge in [-0.2, -0.15) is 4.31 Å². The maximum atomic E-state index is 13.3. The normalized spacial score (nSPS) is 12.4. The van der Waals surface area contributed by atoms with Gasteiger partial charge in [-0.25, -0.2) is 8.42 Å². The molecule has 0 aliphatic carbocycles. The first-order chi connectivity index (χ1) is 15.3. The summed E-state index contributed by atoms with van der Waals surface area (Å²) >= 11 is 0. The number of hydrogen-bond acceptors (Lipinski definition) is 4. The van der Waals surface area contributed by atoms with E-state index in [1.165, 1.54) is 4.31 Å². The second kappa shape index (κ2) is 10.4. The van der Waals surface area contributed by atoms with Gasteiger partial charge in [-0.1, -0.05) is 60.2 Å². The summed E-state index contributed by atoms with van der Waals surface area (Å²) in [5, 5.41) is 2.90. The maximum Gasteiger partial charge on any atom is 0.243 e. The summed E-state index contributed by atoms with van der Waals surface area (Å²) < 4.78 is 33.1. The van der Waals surface area contributed by atoms with Crippen molar-refractivity contribution in [1.82, 2.24) is 9.62 Å². The molecule has 0 aliphatic heterocycles. The molecule has 7 heteroatoms. The number of hydrogen-bond donors (Lipinski definition) is 1. The number of nitrogens with one attached hydrogen (secondary N) is 1. The number of ether oxygens (including phenoxy) is 1. The number of amides is 1. The Morgan fingerprint density at radius 2 is 1.59 bits per heavy atom. The smallest absolute Gasteiger partial charge is 0.243 e. The van der Waals surface area contributed by atoms with Gasteiger partial charge in [0.2, 0.25) is 15.9 Å². The van der Waals surface area contributed by atoms with E-state index in [2.05, 4.69) is 5.32 Å². The Balaban J connectivity index is 1.79. The van der Waals surface area contributed by atoms with Crippen molar-refractivity contribution in [3.05, 3.63) is 95.6 Å². The fraction of sp³-hybridized carbons (Fsp3) is 0.240. The molecule has 6 nitrogen and oxygen atoms in total. The lowest BCUT2D eigenvalue weighted by Gasteiger charge is -2.23. The van der Waals surface area contributed by atoms with Crippen LogP contribution in [0.15, 0.2) is 83.8 Å². The average molecular weight is 453 g/mol. The van der Waals surface area contributed by atoms with Crippen molar-refractivity contribution in [1.29, 1.82) is 0 Å². The molecule has 1 atom stereocenters. The summed E-state index contributed by atoms with van der Waals surface area (Å²) in [5.74, 6) is 0.352. The van der Waals surface area contributed by atoms with Gasteiger partial charge in [0.05, 0.1) is 24.6 Å². The van der Waals surface area contributed by atoms with E-state index in [0.717, 1.165) is 22.4 Å². The van der Waals surface area contributed by atoms with Gasteiger partial charge >= 0.3 is 0 Å². The molecule has 32 heavy (non-hydrogen) atoms. The molecule has 0 bridgehead atoms. The highest BCUT2D eigenvalue weighted by molar-refractivity contribution is 7.89. The van der Waals surface area contributed by atoms with Crippen molar-refractivity contribution in [3.8, 4) is 5.75 Å². The lowest BCUT2D eigenvalue weighted by molar-refractivity contribution is -0.122. The van der Waals surface area contributed by atoms with E-state index in [0.29, 0.717) is 0 Å². The summed E-state index contributed by atoms with van der Waals surface area (Å²) in [6.07, 6.45) is 0. The zero-order valence-electron chi connectivity index (χ0n) is 18.5. The number of carbonyl (C=O) groups excluding carboxylic acids is 1. The quantitative estimate of drug-likeness (QED) is 0.531. The van der Waals surface area contributed by atoms with Crippen molar-refractivity contribution in [2.75, 3.05) is 13.7 Å². The van der Waals surface area contributed by atoms with Crippen molar-refractivity contribution in [2.24, 2.45) is 0 Å². The van der Waals surface area contributed by atoms with Crippen LogP contribution in [0.5, 0.6) is 5.75 Å². The lowest BCUT2D eigenvalue weighted by atomic mass is 10.1. The van der Waals surface area contributed by atoms with Gasteiger partial charge in [-0.05, 0) is 49.2 Å². The van der Waals surface area contributed by atoms with Crippen LogP contribution in [-0.4, -0.2) is 32.3 Å². The number of carbonyl (C=O) groups is 1. The summed E-state index contributed by atoms with van der Waals surface area (Å²) in [7, 11) is -2.27. The molecule has 0 fully saturated rings. The van der Waals surface area contributed by atoms with Crippen LogP contribution in [-0.2, 0) is 21.4 Å². The highest BCUT2D eigenvalue weighted by atomic mass is 32.2. The van der Waals surface area contributed by atoms with Gasteiger partial charge in [-0.3, -0.25) is 4.79 Å². The van der Waals surface area contributed by atoms with Crippen LogP contribution >= 0.6 is 0 Å². The van der Waals surface area contributed by atoms with Crippen LogP contribution in [0.2, 0.25) is 0 Å². The highest BCUT2D eigenvalue weighted by Crippen LogP contribution is 2.20. The molecule has 0 saturated heterocycles. The molecular formula is C25H28N2O4S. The minimum Gasteiger partial charge on any atom is -0.497 e. The van der Waals surface area contributed by atoms with E-state index < -0.39 is 10.0 Å². The predicted octanol–water partition coefficient (Wildman–Crippen LogP) is 4.07. The topological polar surface area (TPSA) is 75.7 Å². The molecule has 0 aliphatic rings. The van der Waals surface area contributed by atoms with Gasteiger partial charge in [0.1, 0.15) is 5.75 Å². The number of methoxy groups -OCH3 is 1. The lowest BCUT2D eigenvalue weighted by Crippen LogP contribution is -2.41. The van der Waals surface area contributed by atoms with Crippen LogP contribution in [0.4, 0.5) is 0 Å². The number of nitrogens with zero attached hydrogens (tertiary/aromatic N) is 1.